The third-order valence-electron chi connectivity index (χ3n) is 6.64. The van der Waals surface area contributed by atoms with E-state index in [0.29, 0.717) is 17.9 Å². The molecule has 3 aromatic rings. The average Bonchev–Trinajstić information content (AvgIpc) is 2.83. The Bertz CT molecular complexity index is 1250. The second kappa shape index (κ2) is 9.80. The maximum absolute atomic E-state index is 12.6. The molecule has 2 aliphatic rings. The van der Waals surface area contributed by atoms with Gasteiger partial charge < -0.3 is 19.7 Å². The van der Waals surface area contributed by atoms with Crippen LogP contribution in [-0.2, 0) is 0 Å². The maximum Gasteiger partial charge on any atom is 0.150 e. The molecule has 1 atom stereocenters. The Hall–Kier alpha value is -3.22. The predicted octanol–water partition coefficient (Wildman–Crippen LogP) is 6.10. The van der Waals surface area contributed by atoms with E-state index in [4.69, 9.17) is 21.1 Å². The smallest absolute Gasteiger partial charge is 0.150 e. The molecule has 0 amide bonds. The summed E-state index contributed by atoms with van der Waals surface area (Å²) in [7, 11) is 0. The molecular weight excluding hydrogens is 469 g/mol. The van der Waals surface area contributed by atoms with Gasteiger partial charge in [-0.3, -0.25) is 9.29 Å². The average molecular weight is 496 g/mol. The van der Waals surface area contributed by atoms with E-state index in [2.05, 4.69) is 4.90 Å². The van der Waals surface area contributed by atoms with Gasteiger partial charge in [0, 0.05) is 36.7 Å². The van der Waals surface area contributed by atoms with Crippen molar-refractivity contribution in [3.8, 4) is 23.0 Å². The van der Waals surface area contributed by atoms with Crippen molar-refractivity contribution in [2.75, 3.05) is 32.9 Å². The Morgan fingerprint density at radius 3 is 2.57 bits per heavy atom. The van der Waals surface area contributed by atoms with E-state index in [1.54, 1.807) is 24.3 Å². The normalized spacial score (nSPS) is 18.1. The SMILES string of the molecule is CC1=C(c2cccc(O)c2)[C@@H](c2ccc(OCCN3CC(CF)C3)cc2)Oc2ccc(O)c(Cl)c21. The topological polar surface area (TPSA) is 62.2 Å². The zero-order chi connectivity index (χ0) is 24.5. The summed E-state index contributed by atoms with van der Waals surface area (Å²) in [6.45, 7) is 4.60. The van der Waals surface area contributed by atoms with Crippen molar-refractivity contribution in [1.82, 2.24) is 4.90 Å². The first-order valence-corrected chi connectivity index (χ1v) is 12.0. The van der Waals surface area contributed by atoms with Gasteiger partial charge in [-0.25, -0.2) is 0 Å². The van der Waals surface area contributed by atoms with Gasteiger partial charge in [0.2, 0.25) is 0 Å². The maximum atomic E-state index is 12.6. The van der Waals surface area contributed by atoms with Gasteiger partial charge in [0.15, 0.2) is 0 Å². The monoisotopic (exact) mass is 495 g/mol. The molecule has 1 saturated heterocycles. The third kappa shape index (κ3) is 4.68. The fraction of sp³-hybridized carbons (Fsp3) is 0.286. The van der Waals surface area contributed by atoms with Gasteiger partial charge in [-0.1, -0.05) is 35.9 Å². The van der Waals surface area contributed by atoms with Crippen LogP contribution in [0.1, 0.15) is 29.7 Å². The number of phenols is 2. The highest BCUT2D eigenvalue weighted by atomic mass is 35.5. The first-order chi connectivity index (χ1) is 16.9. The van der Waals surface area contributed by atoms with Crippen LogP contribution < -0.4 is 9.47 Å². The number of alkyl halides is 1. The second-order valence-corrected chi connectivity index (χ2v) is 9.43. The Morgan fingerprint density at radius 1 is 1.09 bits per heavy atom. The third-order valence-corrected chi connectivity index (χ3v) is 7.02. The summed E-state index contributed by atoms with van der Waals surface area (Å²) >= 11 is 6.45. The van der Waals surface area contributed by atoms with E-state index in [0.717, 1.165) is 47.7 Å². The first kappa shape index (κ1) is 23.5. The number of hydrogen-bond acceptors (Lipinski definition) is 5. The van der Waals surface area contributed by atoms with Crippen LogP contribution in [0.4, 0.5) is 4.39 Å². The summed E-state index contributed by atoms with van der Waals surface area (Å²) < 4.78 is 24.9. The lowest BCUT2D eigenvalue weighted by Crippen LogP contribution is -2.49. The van der Waals surface area contributed by atoms with E-state index < -0.39 is 6.10 Å². The molecule has 0 aromatic heterocycles. The molecule has 1 fully saturated rings. The Morgan fingerprint density at radius 2 is 1.86 bits per heavy atom. The molecule has 182 valence electrons. The quantitative estimate of drug-likeness (QED) is 0.415. The number of rotatable bonds is 7. The van der Waals surface area contributed by atoms with Crippen LogP contribution in [0.15, 0.2) is 60.7 Å². The van der Waals surface area contributed by atoms with Crippen molar-refractivity contribution >= 4 is 22.7 Å². The highest BCUT2D eigenvalue weighted by Gasteiger charge is 2.31. The summed E-state index contributed by atoms with van der Waals surface area (Å²) in [6.07, 6.45) is -0.447. The van der Waals surface area contributed by atoms with Gasteiger partial charge in [-0.2, -0.15) is 0 Å². The van der Waals surface area contributed by atoms with Crippen LogP contribution in [0.2, 0.25) is 5.02 Å². The lowest BCUT2D eigenvalue weighted by atomic mass is 9.86. The molecule has 0 saturated carbocycles. The van der Waals surface area contributed by atoms with Gasteiger partial charge in [-0.05, 0) is 60.0 Å². The van der Waals surface area contributed by atoms with Gasteiger partial charge in [0.05, 0.1) is 11.7 Å². The summed E-state index contributed by atoms with van der Waals surface area (Å²) in [5.74, 6) is 1.65. The Labute approximate surface area is 209 Å². The molecule has 3 aromatic carbocycles. The van der Waals surface area contributed by atoms with Crippen molar-refractivity contribution in [3.63, 3.8) is 0 Å². The minimum absolute atomic E-state index is 0.0120. The van der Waals surface area contributed by atoms with Gasteiger partial charge >= 0.3 is 0 Å². The highest BCUT2D eigenvalue weighted by Crippen LogP contribution is 2.50. The predicted molar refractivity (Wildman–Crippen MR) is 135 cm³/mol. The van der Waals surface area contributed by atoms with Crippen molar-refractivity contribution in [1.29, 1.82) is 0 Å². The molecule has 0 unspecified atom stereocenters. The molecule has 0 spiro atoms. The highest BCUT2D eigenvalue weighted by molar-refractivity contribution is 6.34. The fourth-order valence-electron chi connectivity index (χ4n) is 4.78. The van der Waals surface area contributed by atoms with Crippen molar-refractivity contribution < 1.29 is 24.1 Å². The largest absolute Gasteiger partial charge is 0.508 e. The zero-order valence-corrected chi connectivity index (χ0v) is 20.1. The number of ether oxygens (including phenoxy) is 2. The van der Waals surface area contributed by atoms with Crippen molar-refractivity contribution in [3.05, 3.63) is 82.4 Å². The molecule has 2 heterocycles. The lowest BCUT2D eigenvalue weighted by Gasteiger charge is -2.37. The molecule has 0 radical (unpaired) electrons. The molecule has 2 aliphatic heterocycles. The number of fused-ring (bicyclic) bond motifs is 1. The van der Waals surface area contributed by atoms with Crippen LogP contribution in [0, 0.1) is 5.92 Å². The molecule has 5 nitrogen and oxygen atoms in total. The van der Waals surface area contributed by atoms with Gasteiger partial charge in [0.1, 0.15) is 35.7 Å². The van der Waals surface area contributed by atoms with E-state index in [9.17, 15) is 14.6 Å². The van der Waals surface area contributed by atoms with Crippen molar-refractivity contribution in [2.24, 2.45) is 5.92 Å². The zero-order valence-electron chi connectivity index (χ0n) is 19.4. The number of phenolic OH excluding ortho intramolecular Hbond substituents is 2. The molecule has 5 rings (SSSR count). The van der Waals surface area contributed by atoms with Crippen molar-refractivity contribution in [2.45, 2.75) is 13.0 Å². The van der Waals surface area contributed by atoms with E-state index >= 15 is 0 Å². The number of hydrogen-bond donors (Lipinski definition) is 2. The fourth-order valence-corrected chi connectivity index (χ4v) is 5.07. The van der Waals surface area contributed by atoms with Crippen LogP contribution in [-0.4, -0.2) is 48.0 Å². The molecule has 7 heteroatoms. The van der Waals surface area contributed by atoms with Gasteiger partial charge in [-0.15, -0.1) is 0 Å². The second-order valence-electron chi connectivity index (χ2n) is 9.06. The van der Waals surface area contributed by atoms with Gasteiger partial charge in [0.25, 0.3) is 0 Å². The molecule has 0 bridgehead atoms. The van der Waals surface area contributed by atoms with E-state index in [1.165, 1.54) is 6.07 Å². The van der Waals surface area contributed by atoms with Crippen LogP contribution in [0.5, 0.6) is 23.0 Å². The number of nitrogens with zero attached hydrogens (tertiary/aromatic N) is 1. The number of allylic oxidation sites excluding steroid dienone is 1. The molecular formula is C28H27ClFNO4. The number of halogens is 2. The first-order valence-electron chi connectivity index (χ1n) is 11.6. The summed E-state index contributed by atoms with van der Waals surface area (Å²) in [6, 6.07) is 18.0. The van der Waals surface area contributed by atoms with Crippen LogP contribution >= 0.6 is 11.6 Å². The number of aromatic hydroxyl groups is 2. The number of benzene rings is 3. The minimum Gasteiger partial charge on any atom is -0.508 e. The Balaban J connectivity index is 1.41. The molecule has 0 aliphatic carbocycles. The molecule has 2 N–H and O–H groups in total. The van der Waals surface area contributed by atoms with E-state index in [-0.39, 0.29) is 29.1 Å². The Kier molecular flexibility index (Phi) is 6.58. The lowest BCUT2D eigenvalue weighted by molar-refractivity contribution is 0.0668. The summed E-state index contributed by atoms with van der Waals surface area (Å²) in [4.78, 5) is 2.18. The van der Waals surface area contributed by atoms with Crippen LogP contribution in [0.25, 0.3) is 11.1 Å². The summed E-state index contributed by atoms with van der Waals surface area (Å²) in [5, 5.41) is 20.5. The minimum atomic E-state index is -0.447. The molecule has 35 heavy (non-hydrogen) atoms. The number of likely N-dealkylation sites (tertiary alicyclic amines) is 1. The standard InChI is InChI=1S/C28H27ClFNO4/c1-17-25(20-3-2-4-21(32)13-20)28(35-24-10-9-23(33)27(29)26(17)24)19-5-7-22(8-6-19)34-12-11-31-15-18(14-30)16-31/h2-10,13,18,28,32-33H,11-12,14-16H2,1H3/t28-/m1/s1. The van der Waals surface area contributed by atoms with Crippen LogP contribution in [0.3, 0.4) is 0 Å². The van der Waals surface area contributed by atoms with E-state index in [1.807, 2.05) is 37.3 Å². The summed E-state index contributed by atoms with van der Waals surface area (Å²) in [5.41, 5.74) is 4.08.